The Kier molecular flexibility index (Phi) is 26.5. The number of amides is 2. The second-order valence-electron chi connectivity index (χ2n) is 9.86. The number of amidine groups is 2. The van der Waals surface area contributed by atoms with Crippen LogP contribution < -0.4 is 22.1 Å². The van der Waals surface area contributed by atoms with Gasteiger partial charge in [0.05, 0.1) is 23.6 Å². The molecule has 0 aliphatic rings. The van der Waals surface area contributed by atoms with Crippen LogP contribution >= 0.6 is 72.0 Å². The molecule has 0 aromatic heterocycles. The molecule has 1 radical (unpaired) electrons. The van der Waals surface area contributed by atoms with E-state index in [0.717, 1.165) is 25.6 Å². The van der Waals surface area contributed by atoms with Gasteiger partial charge in [0.2, 0.25) is 0 Å². The molecule has 4 aromatic rings. The van der Waals surface area contributed by atoms with Gasteiger partial charge >= 0.3 is 187 Å². The fourth-order valence-electron chi connectivity index (χ4n) is 3.89. The van der Waals surface area contributed by atoms with Gasteiger partial charge < -0.3 is 10.4 Å². The second-order valence-corrected chi connectivity index (χ2v) is 15.6. The van der Waals surface area contributed by atoms with Crippen LogP contribution in [0.1, 0.15) is 54.1 Å². The van der Waals surface area contributed by atoms with E-state index in [4.69, 9.17) is 50.3 Å². The minimum atomic E-state index is -0.246. The molecule has 0 heterocycles. The Morgan fingerprint density at radius 3 is 1.47 bits per heavy atom. The van der Waals surface area contributed by atoms with Gasteiger partial charge in [-0.05, 0) is 35.4 Å². The summed E-state index contributed by atoms with van der Waals surface area (Å²) in [7, 11) is 0. The van der Waals surface area contributed by atoms with Crippen LogP contribution in [0.3, 0.4) is 0 Å². The number of aliphatic hydroxyl groups excluding tert-OH is 1. The summed E-state index contributed by atoms with van der Waals surface area (Å²) in [5.74, 6) is -0.417. The molecule has 53 heavy (non-hydrogen) atoms. The molecule has 9 N–H and O–H groups in total. The molecule has 0 spiro atoms. The molecular weight excluding hydrogens is 1050 g/mol. The molecule has 0 atom stereocenters. The average Bonchev–Trinajstić information content (AvgIpc) is 3.13. The quantitative estimate of drug-likeness (QED) is 0.0425. The van der Waals surface area contributed by atoms with E-state index in [0.29, 0.717) is 46.2 Å². The number of hydrogen-bond acceptors (Lipinski definition) is 7. The molecule has 0 fully saturated rings. The van der Waals surface area contributed by atoms with Gasteiger partial charge in [-0.25, -0.2) is 0 Å². The molecule has 2 amide bonds. The number of nitrogens with two attached hydrogens (primary N) is 2. The summed E-state index contributed by atoms with van der Waals surface area (Å²) in [6.45, 7) is 0.559. The topological polar surface area (TPSA) is 226 Å². The predicted octanol–water partition coefficient (Wildman–Crippen LogP) is 6.14. The number of carbonyl (C=O) groups is 2. The maximum absolute atomic E-state index is 12.5. The molecule has 0 bridgehead atoms. The third kappa shape index (κ3) is 20.7. The average molecular weight is 1080 g/mol. The SMILES string of the molecule is Br.ClCCl.N#Cc1ccc(CNC(=O)c2cc(Br)ccc2CO)cc1.N#Cc1ccc(CNC(=O)c2cc(Br)ccc2C[Se]C(=N)N)cc1.N=C(N)[Se]. The monoisotopic (exact) mass is 1080 g/mol. The Bertz CT molecular complexity index is 1890. The molecule has 0 saturated heterocycles. The molecule has 0 unspecified atom stereocenters. The zero-order chi connectivity index (χ0) is 39.1. The van der Waals surface area contributed by atoms with Crippen molar-refractivity contribution < 1.29 is 14.7 Å². The summed E-state index contributed by atoms with van der Waals surface area (Å²) in [6, 6.07) is 28.9. The van der Waals surface area contributed by atoms with E-state index < -0.39 is 0 Å². The van der Waals surface area contributed by atoms with Gasteiger partial charge in [-0.1, -0.05) is 34.1 Å². The molecule has 0 aliphatic carbocycles. The molecule has 4 aromatic carbocycles. The van der Waals surface area contributed by atoms with Crippen LogP contribution in [0.15, 0.2) is 93.9 Å². The summed E-state index contributed by atoms with van der Waals surface area (Å²) in [4.78, 5) is 24.7. The third-order valence-electron chi connectivity index (χ3n) is 6.26. The number of hydrogen-bond donors (Lipinski definition) is 7. The summed E-state index contributed by atoms with van der Waals surface area (Å²) in [5, 5.41) is 46.9. The van der Waals surface area contributed by atoms with Gasteiger partial charge in [-0.15, -0.1) is 40.2 Å². The summed E-state index contributed by atoms with van der Waals surface area (Å²) in [5.41, 5.74) is 15.6. The molecule has 279 valence electrons. The molecule has 11 nitrogen and oxygen atoms in total. The number of halogens is 5. The van der Waals surface area contributed by atoms with Crippen LogP contribution in [-0.4, -0.2) is 62.7 Å². The number of aliphatic hydroxyl groups is 1. The zero-order valence-electron chi connectivity index (χ0n) is 27.7. The number of benzene rings is 4. The number of nitrogens with one attached hydrogen (secondary N) is 4. The Labute approximate surface area is 360 Å². The van der Waals surface area contributed by atoms with Crippen molar-refractivity contribution >= 4 is 124 Å². The maximum atomic E-state index is 12.5. The van der Waals surface area contributed by atoms with Gasteiger partial charge in [0.25, 0.3) is 5.91 Å². The Balaban J connectivity index is 0.000000858. The van der Waals surface area contributed by atoms with Crippen LogP contribution in [0.5, 0.6) is 0 Å². The van der Waals surface area contributed by atoms with Crippen molar-refractivity contribution in [1.82, 2.24) is 10.6 Å². The van der Waals surface area contributed by atoms with Crippen molar-refractivity contribution in [3.63, 3.8) is 0 Å². The normalized spacial score (nSPS) is 9.26. The van der Waals surface area contributed by atoms with E-state index in [1.807, 2.05) is 30.3 Å². The zero-order valence-corrected chi connectivity index (χ0v) is 37.5. The summed E-state index contributed by atoms with van der Waals surface area (Å²) < 4.78 is 1.81. The standard InChI is InChI=1S/C17H15BrN4OSe.C16H13BrN2O2.CH2Cl2.CH3N2Se.BrH/c18-14-6-5-13(10-24-17(20)21)15(7-14)16(23)22-9-12-3-1-11(8-19)2-4-12;17-14-6-5-13(10-20)15(7-14)16(21)19-9-12-3-1-11(8-18)2-4-12;2-1-3;2-1(3)4;/h1-7H,9-10H2,(H3,20,21)(H,22,23);1-7,20H,9-10H2,(H,19,21);1H2;(H3,2,3);1H. The first-order chi connectivity index (χ1) is 24.8. The van der Waals surface area contributed by atoms with Gasteiger partial charge in [0.15, 0.2) is 0 Å². The van der Waals surface area contributed by atoms with E-state index in [-0.39, 0.29) is 65.2 Å². The van der Waals surface area contributed by atoms with Gasteiger partial charge in [0, 0.05) is 16.6 Å². The van der Waals surface area contributed by atoms with Crippen LogP contribution in [0, 0.1) is 33.5 Å². The number of alkyl halides is 2. The molecule has 0 saturated carbocycles. The van der Waals surface area contributed by atoms with Crippen LogP contribution in [0.25, 0.3) is 0 Å². The van der Waals surface area contributed by atoms with Gasteiger partial charge in [-0.2, -0.15) is 5.26 Å². The fraction of sp³-hybridized carbons (Fsp3) is 0.143. The van der Waals surface area contributed by atoms with Crippen molar-refractivity contribution in [3.8, 4) is 12.1 Å². The number of rotatable bonds is 10. The first-order valence-corrected chi connectivity index (χ1v) is 20.2. The molecule has 4 rings (SSSR count). The van der Waals surface area contributed by atoms with Crippen molar-refractivity contribution in [2.24, 2.45) is 11.5 Å². The van der Waals surface area contributed by atoms with Crippen molar-refractivity contribution in [2.75, 3.05) is 5.34 Å². The van der Waals surface area contributed by atoms with E-state index in [2.05, 4.69) is 70.3 Å². The van der Waals surface area contributed by atoms with Gasteiger partial charge in [0.1, 0.15) is 0 Å². The van der Waals surface area contributed by atoms with Crippen molar-refractivity contribution in [2.45, 2.75) is 25.0 Å². The summed E-state index contributed by atoms with van der Waals surface area (Å²) >= 11 is 18.3. The van der Waals surface area contributed by atoms with Crippen LogP contribution in [-0.2, 0) is 25.0 Å². The Morgan fingerprint density at radius 1 is 0.774 bits per heavy atom. The Morgan fingerprint density at radius 2 is 1.13 bits per heavy atom. The van der Waals surface area contributed by atoms with Crippen molar-refractivity contribution in [3.05, 3.63) is 138 Å². The number of carbonyl (C=O) groups excluding carboxylic acids is 2. The summed E-state index contributed by atoms with van der Waals surface area (Å²) in [6.07, 6.45) is 0. The van der Waals surface area contributed by atoms with Gasteiger partial charge in [-0.3, -0.25) is 4.79 Å². The first-order valence-electron chi connectivity index (χ1n) is 14.6. The Hall–Kier alpha value is -3.24. The fourth-order valence-corrected chi connectivity index (χ4v) is 5.79. The van der Waals surface area contributed by atoms with E-state index >= 15 is 0 Å². The van der Waals surface area contributed by atoms with Crippen LogP contribution in [0.2, 0.25) is 0 Å². The van der Waals surface area contributed by atoms with E-state index in [1.165, 1.54) is 0 Å². The van der Waals surface area contributed by atoms with E-state index in [1.54, 1.807) is 60.7 Å². The number of nitriles is 2. The molecular formula is C35H34Br3Cl2N8O3Se2. The first kappa shape index (κ1) is 49.8. The van der Waals surface area contributed by atoms with E-state index in [9.17, 15) is 14.7 Å². The predicted molar refractivity (Wildman–Crippen MR) is 225 cm³/mol. The number of nitrogens with zero attached hydrogens (tertiary/aromatic N) is 2. The molecule has 18 heteroatoms. The van der Waals surface area contributed by atoms with Crippen molar-refractivity contribution in [1.29, 1.82) is 21.3 Å². The molecule has 0 aliphatic heterocycles. The second kappa shape index (κ2) is 28.2. The van der Waals surface area contributed by atoms with Crippen LogP contribution in [0.4, 0.5) is 0 Å². The minimum absolute atomic E-state index is 0. The third-order valence-corrected chi connectivity index (χ3v) is 8.85.